The standard InChI is InChI=1S/C23H22N2O5S/c1-29-19-11-9-18(10-12-19)25-31(27,28)20-13-14-22(30-2)21(16-20)24-23(26)15-8-17-6-4-3-5-7-17/h3-16,25H,1-2H3,(H,24,26). The number of benzene rings is 3. The fraction of sp³-hybridized carbons (Fsp3) is 0.0870. The van der Waals surface area contributed by atoms with Crippen LogP contribution in [0.25, 0.3) is 6.08 Å². The Kier molecular flexibility index (Phi) is 6.94. The number of anilines is 2. The number of hydrogen-bond donors (Lipinski definition) is 2. The van der Waals surface area contributed by atoms with Crippen LogP contribution in [0.3, 0.4) is 0 Å². The van der Waals surface area contributed by atoms with Gasteiger partial charge in [-0.3, -0.25) is 9.52 Å². The van der Waals surface area contributed by atoms with Gasteiger partial charge in [0.2, 0.25) is 5.91 Å². The number of hydrogen-bond acceptors (Lipinski definition) is 5. The molecule has 0 bridgehead atoms. The first kappa shape index (κ1) is 21.9. The van der Waals surface area contributed by atoms with Crippen molar-refractivity contribution in [3.63, 3.8) is 0 Å². The molecular weight excluding hydrogens is 416 g/mol. The van der Waals surface area contributed by atoms with Crippen LogP contribution in [0.15, 0.2) is 83.8 Å². The monoisotopic (exact) mass is 438 g/mol. The summed E-state index contributed by atoms with van der Waals surface area (Å²) in [4.78, 5) is 12.3. The summed E-state index contributed by atoms with van der Waals surface area (Å²) in [7, 11) is -0.919. The van der Waals surface area contributed by atoms with E-state index < -0.39 is 15.9 Å². The summed E-state index contributed by atoms with van der Waals surface area (Å²) in [5.41, 5.74) is 1.49. The van der Waals surface area contributed by atoms with Crippen molar-refractivity contribution in [1.82, 2.24) is 0 Å². The van der Waals surface area contributed by atoms with Gasteiger partial charge in [-0.05, 0) is 54.1 Å². The van der Waals surface area contributed by atoms with Gasteiger partial charge in [0.15, 0.2) is 0 Å². The molecule has 160 valence electrons. The zero-order valence-corrected chi connectivity index (χ0v) is 17.8. The highest BCUT2D eigenvalue weighted by Gasteiger charge is 2.17. The second-order valence-corrected chi connectivity index (χ2v) is 8.11. The molecule has 0 aliphatic rings. The highest BCUT2D eigenvalue weighted by atomic mass is 32.2. The maximum absolute atomic E-state index is 12.8. The van der Waals surface area contributed by atoms with Gasteiger partial charge in [0, 0.05) is 11.8 Å². The fourth-order valence-electron chi connectivity index (χ4n) is 2.74. The Morgan fingerprint density at radius 3 is 2.26 bits per heavy atom. The highest BCUT2D eigenvalue weighted by molar-refractivity contribution is 7.92. The third kappa shape index (κ3) is 5.86. The van der Waals surface area contributed by atoms with E-state index in [4.69, 9.17) is 9.47 Å². The van der Waals surface area contributed by atoms with Crippen LogP contribution in [0.4, 0.5) is 11.4 Å². The smallest absolute Gasteiger partial charge is 0.261 e. The first-order valence-corrected chi connectivity index (χ1v) is 10.8. The van der Waals surface area contributed by atoms with Gasteiger partial charge in [-0.2, -0.15) is 0 Å². The summed E-state index contributed by atoms with van der Waals surface area (Å²) < 4.78 is 38.4. The number of carbonyl (C=O) groups is 1. The molecule has 0 aromatic heterocycles. The molecule has 0 aliphatic carbocycles. The molecule has 1 amide bonds. The largest absolute Gasteiger partial charge is 0.497 e. The SMILES string of the molecule is COc1ccc(NS(=O)(=O)c2ccc(OC)c(NC(=O)C=Cc3ccccc3)c2)cc1. The van der Waals surface area contributed by atoms with Gasteiger partial charge in [-0.1, -0.05) is 30.3 Å². The van der Waals surface area contributed by atoms with Gasteiger partial charge in [0.05, 0.1) is 24.8 Å². The molecule has 0 aliphatic heterocycles. The normalized spacial score (nSPS) is 11.2. The maximum Gasteiger partial charge on any atom is 0.261 e. The number of rotatable bonds is 8. The lowest BCUT2D eigenvalue weighted by molar-refractivity contribution is -0.111. The van der Waals surface area contributed by atoms with Crippen LogP contribution in [0.1, 0.15) is 5.56 Å². The van der Waals surface area contributed by atoms with E-state index in [0.29, 0.717) is 17.2 Å². The minimum absolute atomic E-state index is 0.0218. The van der Waals surface area contributed by atoms with Crippen LogP contribution in [-0.4, -0.2) is 28.5 Å². The third-order valence-corrected chi connectivity index (χ3v) is 5.69. The zero-order chi connectivity index (χ0) is 22.3. The van der Waals surface area contributed by atoms with Gasteiger partial charge in [0.1, 0.15) is 11.5 Å². The van der Waals surface area contributed by atoms with Crippen molar-refractivity contribution in [2.45, 2.75) is 4.90 Å². The first-order valence-electron chi connectivity index (χ1n) is 9.30. The molecule has 3 rings (SSSR count). The van der Waals surface area contributed by atoms with Crippen LogP contribution in [0.5, 0.6) is 11.5 Å². The first-order chi connectivity index (χ1) is 14.9. The van der Waals surface area contributed by atoms with Crippen LogP contribution >= 0.6 is 0 Å². The van der Waals surface area contributed by atoms with Crippen LogP contribution < -0.4 is 19.5 Å². The molecule has 0 unspecified atom stereocenters. The van der Waals surface area contributed by atoms with Crippen LogP contribution in [0, 0.1) is 0 Å². The lowest BCUT2D eigenvalue weighted by Crippen LogP contribution is -2.14. The van der Waals surface area contributed by atoms with Crippen molar-refractivity contribution in [3.05, 3.63) is 84.4 Å². The zero-order valence-electron chi connectivity index (χ0n) is 17.0. The lowest BCUT2D eigenvalue weighted by atomic mass is 10.2. The number of ether oxygens (including phenoxy) is 2. The highest BCUT2D eigenvalue weighted by Crippen LogP contribution is 2.29. The number of sulfonamides is 1. The Hall–Kier alpha value is -3.78. The van der Waals surface area contributed by atoms with Crippen molar-refractivity contribution in [2.75, 3.05) is 24.3 Å². The Morgan fingerprint density at radius 1 is 0.903 bits per heavy atom. The van der Waals surface area contributed by atoms with Gasteiger partial charge >= 0.3 is 0 Å². The quantitative estimate of drug-likeness (QED) is 0.515. The molecule has 3 aromatic carbocycles. The Morgan fingerprint density at radius 2 is 1.61 bits per heavy atom. The van der Waals surface area contributed by atoms with E-state index in [-0.39, 0.29) is 10.6 Å². The number of methoxy groups -OCH3 is 2. The molecule has 0 spiro atoms. The summed E-state index contributed by atoms with van der Waals surface area (Å²) in [6.07, 6.45) is 3.03. The summed E-state index contributed by atoms with van der Waals surface area (Å²) in [5, 5.41) is 2.66. The predicted molar refractivity (Wildman–Crippen MR) is 121 cm³/mol. The Labute approximate surface area is 181 Å². The molecule has 0 saturated carbocycles. The molecule has 31 heavy (non-hydrogen) atoms. The molecule has 0 heterocycles. The van der Waals surface area contributed by atoms with Gasteiger partial charge in [0.25, 0.3) is 10.0 Å². The summed E-state index contributed by atoms with van der Waals surface area (Å²) in [6, 6.07) is 20.1. The minimum Gasteiger partial charge on any atom is -0.497 e. The van der Waals surface area contributed by atoms with Crippen LogP contribution in [-0.2, 0) is 14.8 Å². The third-order valence-electron chi connectivity index (χ3n) is 4.31. The van der Waals surface area contributed by atoms with E-state index in [2.05, 4.69) is 10.0 Å². The van der Waals surface area contributed by atoms with E-state index in [1.807, 2.05) is 30.3 Å². The Bertz CT molecular complexity index is 1170. The molecular formula is C23H22N2O5S. The molecule has 0 fully saturated rings. The summed E-state index contributed by atoms with van der Waals surface area (Å²) in [5.74, 6) is 0.533. The van der Waals surface area contributed by atoms with Crippen LogP contribution in [0.2, 0.25) is 0 Å². The average Bonchev–Trinajstić information content (AvgIpc) is 2.78. The van der Waals surface area contributed by atoms with Crippen molar-refractivity contribution in [2.24, 2.45) is 0 Å². The van der Waals surface area contributed by atoms with Gasteiger partial charge < -0.3 is 14.8 Å². The molecule has 7 nitrogen and oxygen atoms in total. The summed E-state index contributed by atoms with van der Waals surface area (Å²) in [6.45, 7) is 0. The van der Waals surface area contributed by atoms with Crippen molar-refractivity contribution in [3.8, 4) is 11.5 Å². The van der Waals surface area contributed by atoms with Gasteiger partial charge in [-0.15, -0.1) is 0 Å². The van der Waals surface area contributed by atoms with Crippen molar-refractivity contribution >= 4 is 33.4 Å². The van der Waals surface area contributed by atoms with E-state index in [0.717, 1.165) is 5.56 Å². The number of carbonyl (C=O) groups excluding carboxylic acids is 1. The van der Waals surface area contributed by atoms with E-state index in [1.165, 1.54) is 38.5 Å². The second kappa shape index (κ2) is 9.82. The maximum atomic E-state index is 12.8. The number of amides is 1. The fourth-order valence-corrected chi connectivity index (χ4v) is 3.82. The molecule has 3 aromatic rings. The summed E-state index contributed by atoms with van der Waals surface area (Å²) >= 11 is 0. The van der Waals surface area contributed by atoms with E-state index in [9.17, 15) is 13.2 Å². The molecule has 8 heteroatoms. The Balaban J connectivity index is 1.80. The molecule has 2 N–H and O–H groups in total. The van der Waals surface area contributed by atoms with E-state index in [1.54, 1.807) is 30.3 Å². The molecule has 0 saturated heterocycles. The minimum atomic E-state index is -3.89. The van der Waals surface area contributed by atoms with Gasteiger partial charge in [-0.25, -0.2) is 8.42 Å². The molecule has 0 radical (unpaired) electrons. The molecule has 0 atom stereocenters. The topological polar surface area (TPSA) is 93.7 Å². The lowest BCUT2D eigenvalue weighted by Gasteiger charge is -2.13. The second-order valence-electron chi connectivity index (χ2n) is 6.43. The average molecular weight is 439 g/mol. The van der Waals surface area contributed by atoms with E-state index >= 15 is 0 Å². The van der Waals surface area contributed by atoms with Crippen molar-refractivity contribution in [1.29, 1.82) is 0 Å². The van der Waals surface area contributed by atoms with Crippen molar-refractivity contribution < 1.29 is 22.7 Å². The predicted octanol–water partition coefficient (Wildman–Crippen LogP) is 4.16. The number of nitrogens with one attached hydrogen (secondary N) is 2.